The number of anilines is 1. The van der Waals surface area contributed by atoms with E-state index in [2.05, 4.69) is 6.92 Å². The highest BCUT2D eigenvalue weighted by atomic mass is 32.2. The van der Waals surface area contributed by atoms with Gasteiger partial charge in [0.25, 0.3) is 10.0 Å². The van der Waals surface area contributed by atoms with Gasteiger partial charge in [-0.15, -0.1) is 0 Å². The van der Waals surface area contributed by atoms with Gasteiger partial charge in [-0.1, -0.05) is 75.1 Å². The second-order valence-electron chi connectivity index (χ2n) is 8.73. The lowest BCUT2D eigenvalue weighted by Crippen LogP contribution is -2.33. The van der Waals surface area contributed by atoms with Crippen LogP contribution in [0.2, 0.25) is 0 Å². The zero-order valence-electron chi connectivity index (χ0n) is 20.6. The van der Waals surface area contributed by atoms with Crippen LogP contribution in [0.5, 0.6) is 0 Å². The molecule has 6 nitrogen and oxygen atoms in total. The van der Waals surface area contributed by atoms with Crippen LogP contribution in [0, 0.1) is 11.3 Å². The van der Waals surface area contributed by atoms with Crippen LogP contribution >= 0.6 is 0 Å². The Labute approximate surface area is 213 Å². The van der Waals surface area contributed by atoms with Gasteiger partial charge in [-0.2, -0.15) is 5.26 Å². The molecule has 36 heavy (non-hydrogen) atoms. The number of carboxylic acid groups (broad SMARTS) is 1. The molecule has 0 saturated carbocycles. The molecule has 0 aliphatic heterocycles. The van der Waals surface area contributed by atoms with E-state index < -0.39 is 16.0 Å². The van der Waals surface area contributed by atoms with Crippen molar-refractivity contribution in [1.29, 1.82) is 5.26 Å². The number of rotatable bonds is 13. The number of unbranched alkanes of at least 4 members (excludes halogenated alkanes) is 4. The number of hydrogen-bond acceptors (Lipinski definition) is 4. The van der Waals surface area contributed by atoms with Gasteiger partial charge in [-0.3, -0.25) is 4.31 Å². The maximum Gasteiger partial charge on any atom is 0.335 e. The van der Waals surface area contributed by atoms with E-state index >= 15 is 0 Å². The quantitative estimate of drug-likeness (QED) is 0.279. The molecule has 0 atom stereocenters. The zero-order chi connectivity index (χ0) is 26.0. The molecule has 3 aromatic rings. The van der Waals surface area contributed by atoms with Crippen molar-refractivity contribution < 1.29 is 18.3 Å². The van der Waals surface area contributed by atoms with Crippen molar-refractivity contribution in [2.24, 2.45) is 0 Å². The number of carboxylic acids is 1. The van der Waals surface area contributed by atoms with Crippen LogP contribution in [0.3, 0.4) is 0 Å². The van der Waals surface area contributed by atoms with E-state index in [4.69, 9.17) is 5.11 Å². The summed E-state index contributed by atoms with van der Waals surface area (Å²) >= 11 is 0. The van der Waals surface area contributed by atoms with Crippen molar-refractivity contribution in [3.63, 3.8) is 0 Å². The van der Waals surface area contributed by atoms with Crippen molar-refractivity contribution >= 4 is 21.7 Å². The molecule has 0 heterocycles. The highest BCUT2D eigenvalue weighted by Gasteiger charge is 2.28. The number of sulfonamides is 1. The highest BCUT2D eigenvalue weighted by molar-refractivity contribution is 7.92. The fourth-order valence-corrected chi connectivity index (χ4v) is 5.88. The fourth-order valence-electron chi connectivity index (χ4n) is 4.19. The Morgan fingerprint density at radius 3 is 2.25 bits per heavy atom. The Bertz CT molecular complexity index is 1310. The minimum absolute atomic E-state index is 0.0140. The molecule has 0 spiro atoms. The van der Waals surface area contributed by atoms with Crippen LogP contribution in [0.1, 0.15) is 66.1 Å². The molecule has 7 heteroatoms. The van der Waals surface area contributed by atoms with Crippen molar-refractivity contribution in [3.8, 4) is 6.07 Å². The molecule has 0 saturated heterocycles. The highest BCUT2D eigenvalue weighted by Crippen LogP contribution is 2.30. The third kappa shape index (κ3) is 6.73. The number of benzene rings is 3. The number of para-hydroxylation sites is 1. The Hall–Kier alpha value is -3.63. The summed E-state index contributed by atoms with van der Waals surface area (Å²) < 4.78 is 29.2. The van der Waals surface area contributed by atoms with Gasteiger partial charge in [0.05, 0.1) is 16.8 Å². The maximum atomic E-state index is 13.9. The number of aromatic carboxylic acids is 1. The summed E-state index contributed by atoms with van der Waals surface area (Å²) in [6.07, 6.45) is 6.14. The van der Waals surface area contributed by atoms with Crippen molar-refractivity contribution in [2.45, 2.75) is 56.8 Å². The van der Waals surface area contributed by atoms with Gasteiger partial charge < -0.3 is 5.11 Å². The molecule has 0 aromatic heterocycles. The normalized spacial score (nSPS) is 11.1. The van der Waals surface area contributed by atoms with Crippen LogP contribution < -0.4 is 4.31 Å². The summed E-state index contributed by atoms with van der Waals surface area (Å²) in [6, 6.07) is 22.5. The average Bonchev–Trinajstić information content (AvgIpc) is 2.90. The molecule has 3 aromatic carbocycles. The molecule has 3 rings (SSSR count). The minimum Gasteiger partial charge on any atom is -0.478 e. The molecule has 0 radical (unpaired) electrons. The van der Waals surface area contributed by atoms with E-state index in [1.54, 1.807) is 36.4 Å². The van der Waals surface area contributed by atoms with Crippen LogP contribution in [0.15, 0.2) is 77.7 Å². The van der Waals surface area contributed by atoms with Crippen molar-refractivity contribution in [3.05, 3.63) is 95.1 Å². The third-order valence-corrected chi connectivity index (χ3v) is 8.06. The van der Waals surface area contributed by atoms with Crippen LogP contribution in [-0.4, -0.2) is 26.0 Å². The fraction of sp³-hybridized carbons (Fsp3) is 0.310. The SMILES string of the molecule is CCCCCCCN(c1ccccc1CCc1ccc(C(=O)O)cc1)S(=O)(=O)c1ccccc1C#N. The number of aryl methyl sites for hydroxylation is 2. The van der Waals surface area contributed by atoms with Gasteiger partial charge >= 0.3 is 5.97 Å². The van der Waals surface area contributed by atoms with Crippen LogP contribution in [-0.2, 0) is 22.9 Å². The maximum absolute atomic E-state index is 13.9. The van der Waals surface area contributed by atoms with E-state index in [1.165, 1.54) is 16.4 Å². The number of hydrogen-bond donors (Lipinski definition) is 1. The molecule has 0 aliphatic rings. The molecular formula is C29H32N2O4S. The van der Waals surface area contributed by atoms with E-state index in [0.717, 1.165) is 43.2 Å². The van der Waals surface area contributed by atoms with E-state index in [0.29, 0.717) is 25.1 Å². The lowest BCUT2D eigenvalue weighted by molar-refractivity contribution is 0.0697. The Kier molecular flexibility index (Phi) is 9.66. The Morgan fingerprint density at radius 1 is 0.889 bits per heavy atom. The lowest BCUT2D eigenvalue weighted by Gasteiger charge is -2.27. The zero-order valence-corrected chi connectivity index (χ0v) is 21.4. The standard InChI is InChI=1S/C29H32N2O4S/c1-2-3-4-5-10-21-31(36(34,35)28-14-9-7-12-26(28)22-30)27-13-8-6-11-24(27)18-15-23-16-19-25(20-17-23)29(32)33/h6-9,11-14,16-17,19-20H,2-5,10,15,18,21H2,1H3,(H,32,33). The van der Waals surface area contributed by atoms with Gasteiger partial charge in [0.1, 0.15) is 11.0 Å². The number of nitrogens with zero attached hydrogens (tertiary/aromatic N) is 2. The van der Waals surface area contributed by atoms with Crippen molar-refractivity contribution in [1.82, 2.24) is 0 Å². The topological polar surface area (TPSA) is 98.5 Å². The molecule has 0 aliphatic carbocycles. The first-order valence-corrected chi connectivity index (χ1v) is 13.7. The summed E-state index contributed by atoms with van der Waals surface area (Å²) in [5.74, 6) is -0.968. The predicted octanol–water partition coefficient (Wildman–Crippen LogP) is 6.21. The third-order valence-electron chi connectivity index (χ3n) is 6.18. The van der Waals surface area contributed by atoms with Gasteiger partial charge in [-0.05, 0) is 60.7 Å². The largest absolute Gasteiger partial charge is 0.478 e. The summed E-state index contributed by atoms with van der Waals surface area (Å²) in [7, 11) is -3.96. The van der Waals surface area contributed by atoms with E-state index in [-0.39, 0.29) is 16.0 Å². The van der Waals surface area contributed by atoms with E-state index in [1.807, 2.05) is 30.3 Å². The second-order valence-corrected chi connectivity index (χ2v) is 10.6. The summed E-state index contributed by atoms with van der Waals surface area (Å²) in [6.45, 7) is 2.47. The molecule has 1 N–H and O–H groups in total. The smallest absolute Gasteiger partial charge is 0.335 e. The molecule has 0 fully saturated rings. The van der Waals surface area contributed by atoms with Gasteiger partial charge in [0.2, 0.25) is 0 Å². The summed E-state index contributed by atoms with van der Waals surface area (Å²) in [5.41, 5.74) is 2.83. The Morgan fingerprint density at radius 2 is 1.56 bits per heavy atom. The predicted molar refractivity (Wildman–Crippen MR) is 142 cm³/mol. The molecule has 0 amide bonds. The van der Waals surface area contributed by atoms with Crippen LogP contribution in [0.4, 0.5) is 5.69 Å². The van der Waals surface area contributed by atoms with Crippen molar-refractivity contribution in [2.75, 3.05) is 10.8 Å². The van der Waals surface area contributed by atoms with Gasteiger partial charge in [0.15, 0.2) is 0 Å². The first kappa shape index (κ1) is 27.0. The monoisotopic (exact) mass is 504 g/mol. The second kappa shape index (κ2) is 12.9. The van der Waals surface area contributed by atoms with Crippen LogP contribution in [0.25, 0.3) is 0 Å². The first-order chi connectivity index (χ1) is 17.4. The summed E-state index contributed by atoms with van der Waals surface area (Å²) in [5, 5.41) is 18.7. The van der Waals surface area contributed by atoms with E-state index in [9.17, 15) is 18.5 Å². The minimum atomic E-state index is -3.96. The molecular weight excluding hydrogens is 472 g/mol. The molecule has 0 bridgehead atoms. The van der Waals surface area contributed by atoms with Gasteiger partial charge in [0, 0.05) is 6.54 Å². The Balaban J connectivity index is 1.93. The number of nitriles is 1. The van der Waals surface area contributed by atoms with Gasteiger partial charge in [-0.25, -0.2) is 13.2 Å². The summed E-state index contributed by atoms with van der Waals surface area (Å²) in [4.78, 5) is 11.1. The first-order valence-electron chi connectivity index (χ1n) is 12.3. The molecule has 0 unspecified atom stereocenters. The lowest BCUT2D eigenvalue weighted by atomic mass is 10.0. The average molecular weight is 505 g/mol. The molecule has 188 valence electrons. The number of carbonyl (C=O) groups is 1.